The molecule has 1 amide bonds. The first-order chi connectivity index (χ1) is 16.6. The Morgan fingerprint density at radius 3 is 2.71 bits per heavy atom. The van der Waals surface area contributed by atoms with Gasteiger partial charge < -0.3 is 20.2 Å². The molecular weight excluding hydrogens is 428 g/mol. The molecule has 0 bridgehead atoms. The smallest absolute Gasteiger partial charge is 0.225 e. The predicted molar refractivity (Wildman–Crippen MR) is 131 cm³/mol. The number of hydrogen-bond acceptors (Lipinski definition) is 6. The van der Waals surface area contributed by atoms with Gasteiger partial charge >= 0.3 is 0 Å². The summed E-state index contributed by atoms with van der Waals surface area (Å²) in [5, 5.41) is 3.30. The molecule has 3 N–H and O–H groups in total. The van der Waals surface area contributed by atoms with Gasteiger partial charge in [-0.05, 0) is 55.7 Å². The molecule has 9 nitrogen and oxygen atoms in total. The Hall–Kier alpha value is -3.72. The SMILES string of the molecule is Cc1cnc(-c2ccc3nc(Nc4cc(CN5CCN(C(=O)C6CC6)CC5)ccn4)[nH]c3c2)[nH]1. The molecule has 174 valence electrons. The highest BCUT2D eigenvalue weighted by Gasteiger charge is 2.34. The van der Waals surface area contributed by atoms with E-state index < -0.39 is 0 Å². The lowest BCUT2D eigenvalue weighted by Gasteiger charge is -2.34. The van der Waals surface area contributed by atoms with Gasteiger partial charge in [0.25, 0.3) is 0 Å². The van der Waals surface area contributed by atoms with Crippen molar-refractivity contribution < 1.29 is 4.79 Å². The first kappa shape index (κ1) is 20.9. The van der Waals surface area contributed by atoms with Crippen LogP contribution in [0.25, 0.3) is 22.4 Å². The van der Waals surface area contributed by atoms with Gasteiger partial charge in [0.1, 0.15) is 11.6 Å². The second-order valence-electron chi connectivity index (χ2n) is 9.28. The van der Waals surface area contributed by atoms with E-state index in [1.54, 1.807) is 0 Å². The van der Waals surface area contributed by atoms with Gasteiger partial charge in [-0.15, -0.1) is 0 Å². The lowest BCUT2D eigenvalue weighted by Crippen LogP contribution is -2.48. The van der Waals surface area contributed by atoms with Gasteiger partial charge in [0.05, 0.1) is 11.0 Å². The number of pyridine rings is 1. The lowest BCUT2D eigenvalue weighted by molar-refractivity contribution is -0.134. The van der Waals surface area contributed by atoms with Gasteiger partial charge in [0.15, 0.2) is 0 Å². The van der Waals surface area contributed by atoms with Crippen molar-refractivity contribution >= 4 is 28.7 Å². The fourth-order valence-electron chi connectivity index (χ4n) is 4.51. The summed E-state index contributed by atoms with van der Waals surface area (Å²) in [5.74, 6) is 2.91. The number of nitrogens with zero attached hydrogens (tertiary/aromatic N) is 5. The first-order valence-electron chi connectivity index (χ1n) is 11.9. The number of benzene rings is 1. The molecule has 9 heteroatoms. The Bertz CT molecular complexity index is 1330. The van der Waals surface area contributed by atoms with Crippen molar-refractivity contribution in [3.63, 3.8) is 0 Å². The van der Waals surface area contributed by atoms with E-state index in [1.165, 1.54) is 5.56 Å². The third kappa shape index (κ3) is 4.38. The maximum Gasteiger partial charge on any atom is 0.225 e. The highest BCUT2D eigenvalue weighted by molar-refractivity contribution is 5.83. The monoisotopic (exact) mass is 456 g/mol. The van der Waals surface area contributed by atoms with Crippen molar-refractivity contribution in [2.24, 2.45) is 5.92 Å². The number of amides is 1. The summed E-state index contributed by atoms with van der Waals surface area (Å²) in [6.07, 6.45) is 5.79. The van der Waals surface area contributed by atoms with E-state index in [4.69, 9.17) is 0 Å². The number of piperazine rings is 1. The minimum atomic E-state index is 0.305. The molecule has 1 aliphatic heterocycles. The summed E-state index contributed by atoms with van der Waals surface area (Å²) in [4.78, 5) is 36.8. The molecule has 3 aromatic heterocycles. The third-order valence-corrected chi connectivity index (χ3v) is 6.55. The number of nitrogens with one attached hydrogen (secondary N) is 3. The average molecular weight is 457 g/mol. The van der Waals surface area contributed by atoms with Crippen LogP contribution >= 0.6 is 0 Å². The highest BCUT2D eigenvalue weighted by Crippen LogP contribution is 2.31. The molecule has 1 aliphatic carbocycles. The average Bonchev–Trinajstić information content (AvgIpc) is 3.48. The van der Waals surface area contributed by atoms with Crippen LogP contribution in [0.4, 0.5) is 11.8 Å². The largest absolute Gasteiger partial charge is 0.342 e. The topological polar surface area (TPSA) is 106 Å². The predicted octanol–water partition coefficient (Wildman–Crippen LogP) is 3.45. The van der Waals surface area contributed by atoms with Crippen LogP contribution in [0.2, 0.25) is 0 Å². The number of fused-ring (bicyclic) bond motifs is 1. The van der Waals surface area contributed by atoms with Gasteiger partial charge in [0.2, 0.25) is 11.9 Å². The van der Waals surface area contributed by atoms with Gasteiger partial charge in [-0.3, -0.25) is 9.69 Å². The van der Waals surface area contributed by atoms with Crippen LogP contribution in [-0.4, -0.2) is 66.8 Å². The van der Waals surface area contributed by atoms with Crippen molar-refractivity contribution in [2.75, 3.05) is 31.5 Å². The Morgan fingerprint density at radius 2 is 1.94 bits per heavy atom. The Balaban J connectivity index is 1.11. The van der Waals surface area contributed by atoms with Crippen LogP contribution < -0.4 is 5.32 Å². The normalized spacial score (nSPS) is 16.8. The molecule has 1 aromatic carbocycles. The van der Waals surface area contributed by atoms with Crippen LogP contribution in [0.15, 0.2) is 42.7 Å². The second kappa shape index (κ2) is 8.57. The molecule has 2 fully saturated rings. The summed E-state index contributed by atoms with van der Waals surface area (Å²) in [7, 11) is 0. The number of hydrogen-bond donors (Lipinski definition) is 3. The summed E-state index contributed by atoms with van der Waals surface area (Å²) < 4.78 is 0. The maximum absolute atomic E-state index is 12.3. The zero-order valence-electron chi connectivity index (χ0n) is 19.2. The summed E-state index contributed by atoms with van der Waals surface area (Å²) >= 11 is 0. The van der Waals surface area contributed by atoms with Crippen LogP contribution in [0.3, 0.4) is 0 Å². The number of anilines is 2. The molecule has 1 saturated heterocycles. The number of carbonyl (C=O) groups excluding carboxylic acids is 1. The third-order valence-electron chi connectivity index (χ3n) is 6.55. The molecular formula is C25H28N8O. The Kier molecular flexibility index (Phi) is 5.26. The quantitative estimate of drug-likeness (QED) is 0.410. The minimum Gasteiger partial charge on any atom is -0.342 e. The standard InChI is InChI=1S/C25H28N8O/c1-16-14-27-23(28-16)19-4-5-20-21(13-19)30-25(29-20)31-22-12-17(6-7-26-22)15-32-8-10-33(11-9-32)24(34)18-2-3-18/h4-7,12-14,18H,2-3,8-11,15H2,1H3,(H,27,28)(H2,26,29,30,31). The summed E-state index contributed by atoms with van der Waals surface area (Å²) in [5.41, 5.74) is 5.04. The van der Waals surface area contributed by atoms with Crippen molar-refractivity contribution in [1.82, 2.24) is 34.7 Å². The molecule has 34 heavy (non-hydrogen) atoms. The molecule has 2 aliphatic rings. The van der Waals surface area contributed by atoms with Crippen molar-refractivity contribution in [2.45, 2.75) is 26.3 Å². The molecule has 1 saturated carbocycles. The van der Waals surface area contributed by atoms with E-state index >= 15 is 0 Å². The molecule has 6 rings (SSSR count). The summed E-state index contributed by atoms with van der Waals surface area (Å²) in [6.45, 7) is 6.29. The highest BCUT2D eigenvalue weighted by atomic mass is 16.2. The molecule has 0 unspecified atom stereocenters. The second-order valence-corrected chi connectivity index (χ2v) is 9.28. The van der Waals surface area contributed by atoms with Crippen LogP contribution in [0.5, 0.6) is 0 Å². The fraction of sp³-hybridized carbons (Fsp3) is 0.360. The number of aryl methyl sites for hydroxylation is 1. The molecule has 0 radical (unpaired) electrons. The minimum absolute atomic E-state index is 0.305. The van der Waals surface area contributed by atoms with E-state index in [-0.39, 0.29) is 0 Å². The lowest BCUT2D eigenvalue weighted by atomic mass is 10.2. The Morgan fingerprint density at radius 1 is 1.09 bits per heavy atom. The zero-order chi connectivity index (χ0) is 23.1. The van der Waals surface area contributed by atoms with Gasteiger partial charge in [-0.1, -0.05) is 0 Å². The first-order valence-corrected chi connectivity index (χ1v) is 11.9. The van der Waals surface area contributed by atoms with E-state index in [9.17, 15) is 4.79 Å². The van der Waals surface area contributed by atoms with Crippen molar-refractivity contribution in [3.8, 4) is 11.4 Å². The van der Waals surface area contributed by atoms with Crippen molar-refractivity contribution in [3.05, 3.63) is 54.0 Å². The van der Waals surface area contributed by atoms with Crippen LogP contribution in [0.1, 0.15) is 24.1 Å². The number of carbonyl (C=O) groups is 1. The van der Waals surface area contributed by atoms with Crippen molar-refractivity contribution in [1.29, 1.82) is 0 Å². The number of rotatable bonds is 6. The number of aromatic nitrogens is 5. The molecule has 0 atom stereocenters. The molecule has 0 spiro atoms. The van der Waals surface area contributed by atoms with E-state index in [1.807, 2.05) is 48.5 Å². The van der Waals surface area contributed by atoms with Crippen LogP contribution in [0, 0.1) is 12.8 Å². The maximum atomic E-state index is 12.3. The van der Waals surface area contributed by atoms with E-state index in [0.29, 0.717) is 17.8 Å². The number of aromatic amines is 2. The number of imidazole rings is 2. The molecule has 4 heterocycles. The van der Waals surface area contributed by atoms with Crippen LogP contribution in [-0.2, 0) is 11.3 Å². The molecule has 4 aromatic rings. The summed E-state index contributed by atoms with van der Waals surface area (Å²) in [6, 6.07) is 10.2. The zero-order valence-corrected chi connectivity index (χ0v) is 19.2. The van der Waals surface area contributed by atoms with Gasteiger partial charge in [0, 0.05) is 62.3 Å². The number of H-pyrrole nitrogens is 2. The van der Waals surface area contributed by atoms with E-state index in [0.717, 1.165) is 79.5 Å². The Labute approximate surface area is 197 Å². The van der Waals surface area contributed by atoms with E-state index in [2.05, 4.69) is 41.2 Å². The van der Waals surface area contributed by atoms with Gasteiger partial charge in [-0.2, -0.15) is 0 Å². The fourth-order valence-corrected chi connectivity index (χ4v) is 4.51. The van der Waals surface area contributed by atoms with Gasteiger partial charge in [-0.25, -0.2) is 15.0 Å².